The number of para-hydroxylation sites is 1. The maximum absolute atomic E-state index is 13.5. The van der Waals surface area contributed by atoms with Gasteiger partial charge in [-0.3, -0.25) is 4.79 Å². The van der Waals surface area contributed by atoms with Gasteiger partial charge in [0, 0.05) is 11.6 Å². The van der Waals surface area contributed by atoms with E-state index in [2.05, 4.69) is 0 Å². The largest absolute Gasteiger partial charge is 0.490 e. The molecule has 0 fully saturated rings. The summed E-state index contributed by atoms with van der Waals surface area (Å²) in [6.45, 7) is -0.299. The van der Waals surface area contributed by atoms with Crippen LogP contribution >= 0.6 is 0 Å². The first-order valence-electron chi connectivity index (χ1n) is 6.13. The van der Waals surface area contributed by atoms with E-state index in [4.69, 9.17) is 10.5 Å². The molecule has 0 aliphatic heterocycles. The standard InChI is InChI=1S/C15H13F2NO3/c16-9-5-6-10(12(17)7-9)13(19)8-21-14-4-2-1-3-11(14)15(18)20/h1-7,13,19H,8H2,(H2,18,20). The van der Waals surface area contributed by atoms with Gasteiger partial charge < -0.3 is 15.6 Å². The molecule has 3 N–H and O–H groups in total. The van der Waals surface area contributed by atoms with Crippen molar-refractivity contribution in [1.29, 1.82) is 0 Å². The molecule has 1 amide bonds. The van der Waals surface area contributed by atoms with Crippen LogP contribution in [0.2, 0.25) is 0 Å². The Morgan fingerprint density at radius 2 is 1.95 bits per heavy atom. The lowest BCUT2D eigenvalue weighted by atomic mass is 10.1. The molecule has 2 aromatic carbocycles. The fourth-order valence-corrected chi connectivity index (χ4v) is 1.83. The fourth-order valence-electron chi connectivity index (χ4n) is 1.83. The molecule has 0 saturated carbocycles. The minimum absolute atomic E-state index is 0.0899. The van der Waals surface area contributed by atoms with Gasteiger partial charge in [0.25, 0.3) is 5.91 Å². The Balaban J connectivity index is 2.11. The first-order valence-corrected chi connectivity index (χ1v) is 6.13. The third-order valence-corrected chi connectivity index (χ3v) is 2.87. The molecular formula is C15H13F2NO3. The van der Waals surface area contributed by atoms with Gasteiger partial charge in [0.2, 0.25) is 0 Å². The second kappa shape index (κ2) is 6.32. The fraction of sp³-hybridized carbons (Fsp3) is 0.133. The number of aliphatic hydroxyl groups excluding tert-OH is 1. The zero-order valence-electron chi connectivity index (χ0n) is 10.9. The molecule has 1 unspecified atom stereocenters. The number of carbonyl (C=O) groups is 1. The van der Waals surface area contributed by atoms with Gasteiger partial charge in [-0.1, -0.05) is 18.2 Å². The molecule has 1 atom stereocenters. The molecule has 110 valence electrons. The quantitative estimate of drug-likeness (QED) is 0.887. The summed E-state index contributed by atoms with van der Waals surface area (Å²) in [7, 11) is 0. The molecule has 21 heavy (non-hydrogen) atoms. The second-order valence-electron chi connectivity index (χ2n) is 4.35. The summed E-state index contributed by atoms with van der Waals surface area (Å²) in [5, 5.41) is 9.88. The van der Waals surface area contributed by atoms with E-state index in [0.717, 1.165) is 12.1 Å². The smallest absolute Gasteiger partial charge is 0.252 e. The highest BCUT2D eigenvalue weighted by Gasteiger charge is 2.16. The van der Waals surface area contributed by atoms with Crippen LogP contribution in [0.3, 0.4) is 0 Å². The molecule has 6 heteroatoms. The van der Waals surface area contributed by atoms with E-state index < -0.39 is 23.6 Å². The molecule has 0 radical (unpaired) electrons. The van der Waals surface area contributed by atoms with Crippen molar-refractivity contribution < 1.29 is 23.4 Å². The van der Waals surface area contributed by atoms with E-state index in [1.807, 2.05) is 0 Å². The summed E-state index contributed by atoms with van der Waals surface area (Å²) in [4.78, 5) is 11.2. The predicted molar refractivity (Wildman–Crippen MR) is 71.8 cm³/mol. The van der Waals surface area contributed by atoms with Gasteiger partial charge in [0.1, 0.15) is 30.1 Å². The van der Waals surface area contributed by atoms with Crippen LogP contribution in [0.5, 0.6) is 5.75 Å². The highest BCUT2D eigenvalue weighted by atomic mass is 19.1. The number of benzene rings is 2. The van der Waals surface area contributed by atoms with Crippen LogP contribution in [0.15, 0.2) is 42.5 Å². The zero-order valence-corrected chi connectivity index (χ0v) is 10.9. The van der Waals surface area contributed by atoms with E-state index in [1.165, 1.54) is 12.1 Å². The number of aliphatic hydroxyl groups is 1. The van der Waals surface area contributed by atoms with E-state index in [-0.39, 0.29) is 23.5 Å². The molecule has 0 aromatic heterocycles. The number of ether oxygens (including phenoxy) is 1. The van der Waals surface area contributed by atoms with Crippen molar-refractivity contribution in [3.8, 4) is 5.75 Å². The molecule has 0 bridgehead atoms. The number of rotatable bonds is 5. The molecule has 0 aliphatic rings. The summed E-state index contributed by atoms with van der Waals surface area (Å²) >= 11 is 0. The predicted octanol–water partition coefficient (Wildman–Crippen LogP) is 2.18. The van der Waals surface area contributed by atoms with Crippen LogP contribution in [0.4, 0.5) is 8.78 Å². The van der Waals surface area contributed by atoms with E-state index in [9.17, 15) is 18.7 Å². The van der Waals surface area contributed by atoms with Gasteiger partial charge in [-0.05, 0) is 18.2 Å². The molecule has 0 spiro atoms. The van der Waals surface area contributed by atoms with Gasteiger partial charge in [-0.15, -0.1) is 0 Å². The highest BCUT2D eigenvalue weighted by molar-refractivity contribution is 5.95. The minimum Gasteiger partial charge on any atom is -0.490 e. The second-order valence-corrected chi connectivity index (χ2v) is 4.35. The summed E-state index contributed by atoms with van der Waals surface area (Å²) in [6.07, 6.45) is -1.30. The minimum atomic E-state index is -1.30. The Morgan fingerprint density at radius 1 is 1.24 bits per heavy atom. The van der Waals surface area contributed by atoms with Crippen molar-refractivity contribution in [3.05, 3.63) is 65.2 Å². The highest BCUT2D eigenvalue weighted by Crippen LogP contribution is 2.22. The Labute approximate surface area is 119 Å². The Hall–Kier alpha value is -2.47. The average molecular weight is 293 g/mol. The van der Waals surface area contributed by atoms with Gasteiger partial charge in [-0.25, -0.2) is 8.78 Å². The monoisotopic (exact) mass is 293 g/mol. The van der Waals surface area contributed by atoms with Crippen molar-refractivity contribution in [2.45, 2.75) is 6.10 Å². The van der Waals surface area contributed by atoms with Crippen molar-refractivity contribution in [3.63, 3.8) is 0 Å². The van der Waals surface area contributed by atoms with Crippen LogP contribution in [-0.2, 0) is 0 Å². The lowest BCUT2D eigenvalue weighted by Crippen LogP contribution is -2.16. The Kier molecular flexibility index (Phi) is 4.49. The summed E-state index contributed by atoms with van der Waals surface area (Å²) in [5.74, 6) is -2.09. The average Bonchev–Trinajstić information content (AvgIpc) is 2.45. The number of primary amides is 1. The molecule has 0 aliphatic carbocycles. The molecular weight excluding hydrogens is 280 g/mol. The Morgan fingerprint density at radius 3 is 2.62 bits per heavy atom. The Bertz CT molecular complexity index is 661. The molecule has 0 saturated heterocycles. The van der Waals surface area contributed by atoms with Crippen molar-refractivity contribution >= 4 is 5.91 Å². The maximum Gasteiger partial charge on any atom is 0.252 e. The number of carbonyl (C=O) groups excluding carboxylic acids is 1. The summed E-state index contributed by atoms with van der Waals surface area (Å²) < 4.78 is 31.6. The van der Waals surface area contributed by atoms with Gasteiger partial charge in [-0.2, -0.15) is 0 Å². The summed E-state index contributed by atoms with van der Waals surface area (Å²) in [5.41, 5.74) is 5.26. The van der Waals surface area contributed by atoms with Crippen molar-refractivity contribution in [2.24, 2.45) is 5.73 Å². The van der Waals surface area contributed by atoms with Gasteiger partial charge >= 0.3 is 0 Å². The van der Waals surface area contributed by atoms with Crippen molar-refractivity contribution in [1.82, 2.24) is 0 Å². The topological polar surface area (TPSA) is 72.6 Å². The SMILES string of the molecule is NC(=O)c1ccccc1OCC(O)c1ccc(F)cc1F. The summed E-state index contributed by atoms with van der Waals surface area (Å²) in [6, 6.07) is 9.08. The van der Waals surface area contributed by atoms with Gasteiger partial charge in [0.05, 0.1) is 5.56 Å². The van der Waals surface area contributed by atoms with Crippen molar-refractivity contribution in [2.75, 3.05) is 6.61 Å². The normalized spacial score (nSPS) is 12.0. The van der Waals surface area contributed by atoms with E-state index >= 15 is 0 Å². The number of hydrogen-bond acceptors (Lipinski definition) is 3. The zero-order chi connectivity index (χ0) is 15.4. The third kappa shape index (κ3) is 3.55. The van der Waals surface area contributed by atoms with Gasteiger partial charge in [0.15, 0.2) is 0 Å². The maximum atomic E-state index is 13.5. The van der Waals surface area contributed by atoms with E-state index in [1.54, 1.807) is 12.1 Å². The lowest BCUT2D eigenvalue weighted by Gasteiger charge is -2.14. The molecule has 4 nitrogen and oxygen atoms in total. The third-order valence-electron chi connectivity index (χ3n) is 2.87. The first-order chi connectivity index (χ1) is 9.99. The molecule has 0 heterocycles. The molecule has 2 aromatic rings. The first kappa shape index (κ1) is 14.9. The van der Waals surface area contributed by atoms with Crippen LogP contribution in [0.25, 0.3) is 0 Å². The van der Waals surface area contributed by atoms with Crippen LogP contribution < -0.4 is 10.5 Å². The van der Waals surface area contributed by atoms with Crippen LogP contribution in [-0.4, -0.2) is 17.6 Å². The number of nitrogens with two attached hydrogens (primary N) is 1. The number of hydrogen-bond donors (Lipinski definition) is 2. The van der Waals surface area contributed by atoms with Crippen LogP contribution in [0.1, 0.15) is 22.0 Å². The number of halogens is 2. The lowest BCUT2D eigenvalue weighted by molar-refractivity contribution is 0.0958. The number of amides is 1. The molecule has 2 rings (SSSR count). The van der Waals surface area contributed by atoms with Crippen LogP contribution in [0, 0.1) is 11.6 Å². The van der Waals surface area contributed by atoms with E-state index in [0.29, 0.717) is 6.07 Å².